The van der Waals surface area contributed by atoms with Crippen molar-refractivity contribution in [3.05, 3.63) is 35.6 Å². The van der Waals surface area contributed by atoms with Gasteiger partial charge in [-0.2, -0.15) is 0 Å². The van der Waals surface area contributed by atoms with Crippen molar-refractivity contribution in [1.82, 2.24) is 10.2 Å². The fraction of sp³-hybridized carbons (Fsp3) is 0.579. The molecule has 2 amide bonds. The summed E-state index contributed by atoms with van der Waals surface area (Å²) in [5, 5.41) is 2.96. The Morgan fingerprint density at radius 3 is 2.58 bits per heavy atom. The van der Waals surface area contributed by atoms with Gasteiger partial charge in [0.1, 0.15) is 5.82 Å². The highest BCUT2D eigenvalue weighted by Crippen LogP contribution is 2.47. The first-order valence-corrected chi connectivity index (χ1v) is 8.84. The third-order valence-electron chi connectivity index (χ3n) is 5.23. The van der Waals surface area contributed by atoms with Crippen LogP contribution in [0.5, 0.6) is 0 Å². The SMILES string of the molecule is CN(CCCNC(=O)C1CC1c1ccc(F)cc1)C(=O)C1CCC1. The number of hydrogen-bond acceptors (Lipinski definition) is 2. The first-order valence-electron chi connectivity index (χ1n) is 8.84. The number of amides is 2. The Morgan fingerprint density at radius 2 is 1.96 bits per heavy atom. The summed E-state index contributed by atoms with van der Waals surface area (Å²) in [7, 11) is 1.84. The van der Waals surface area contributed by atoms with Gasteiger partial charge in [0.2, 0.25) is 11.8 Å². The van der Waals surface area contributed by atoms with Crippen LogP contribution in [0.25, 0.3) is 0 Å². The molecule has 1 N–H and O–H groups in total. The van der Waals surface area contributed by atoms with Crippen LogP contribution in [0, 0.1) is 17.7 Å². The van der Waals surface area contributed by atoms with Crippen molar-refractivity contribution in [3.8, 4) is 0 Å². The van der Waals surface area contributed by atoms with Gasteiger partial charge in [0.05, 0.1) is 0 Å². The Kier molecular flexibility index (Phi) is 5.17. The average molecular weight is 332 g/mol. The minimum atomic E-state index is -0.249. The van der Waals surface area contributed by atoms with Crippen molar-refractivity contribution in [2.75, 3.05) is 20.1 Å². The second-order valence-corrected chi connectivity index (χ2v) is 7.03. The van der Waals surface area contributed by atoms with E-state index < -0.39 is 0 Å². The monoisotopic (exact) mass is 332 g/mol. The van der Waals surface area contributed by atoms with E-state index in [0.29, 0.717) is 13.1 Å². The minimum absolute atomic E-state index is 0.00444. The molecule has 0 heterocycles. The number of halogens is 1. The summed E-state index contributed by atoms with van der Waals surface area (Å²) in [5.74, 6) is 0.509. The molecule has 2 saturated carbocycles. The van der Waals surface area contributed by atoms with Gasteiger partial charge in [0, 0.05) is 32.0 Å². The molecule has 0 aromatic heterocycles. The Labute approximate surface area is 142 Å². The van der Waals surface area contributed by atoms with E-state index in [9.17, 15) is 14.0 Å². The molecule has 0 radical (unpaired) electrons. The Bertz CT molecular complexity index is 598. The zero-order valence-corrected chi connectivity index (χ0v) is 14.1. The van der Waals surface area contributed by atoms with E-state index in [-0.39, 0.29) is 35.4 Å². The number of carbonyl (C=O) groups excluding carboxylic acids is 2. The molecule has 0 aliphatic heterocycles. The van der Waals surface area contributed by atoms with Crippen molar-refractivity contribution in [3.63, 3.8) is 0 Å². The van der Waals surface area contributed by atoms with E-state index in [0.717, 1.165) is 37.7 Å². The van der Waals surface area contributed by atoms with E-state index in [1.165, 1.54) is 12.1 Å². The van der Waals surface area contributed by atoms with Crippen LogP contribution in [0.3, 0.4) is 0 Å². The molecule has 0 bridgehead atoms. The van der Waals surface area contributed by atoms with E-state index in [4.69, 9.17) is 0 Å². The fourth-order valence-corrected chi connectivity index (χ4v) is 3.30. The van der Waals surface area contributed by atoms with Crippen molar-refractivity contribution in [2.24, 2.45) is 11.8 Å². The molecule has 1 aromatic rings. The second kappa shape index (κ2) is 7.32. The van der Waals surface area contributed by atoms with E-state index in [1.807, 2.05) is 7.05 Å². The van der Waals surface area contributed by atoms with Crippen molar-refractivity contribution < 1.29 is 14.0 Å². The van der Waals surface area contributed by atoms with Crippen LogP contribution in [0.2, 0.25) is 0 Å². The second-order valence-electron chi connectivity index (χ2n) is 7.03. The Morgan fingerprint density at radius 1 is 1.25 bits per heavy atom. The largest absolute Gasteiger partial charge is 0.356 e. The molecule has 130 valence electrons. The molecule has 2 atom stereocenters. The van der Waals surface area contributed by atoms with Crippen LogP contribution >= 0.6 is 0 Å². The maximum Gasteiger partial charge on any atom is 0.225 e. The molecule has 1 aromatic carbocycles. The van der Waals surface area contributed by atoms with Gasteiger partial charge in [-0.3, -0.25) is 9.59 Å². The van der Waals surface area contributed by atoms with Gasteiger partial charge in [-0.15, -0.1) is 0 Å². The number of nitrogens with zero attached hydrogens (tertiary/aromatic N) is 1. The van der Waals surface area contributed by atoms with Crippen LogP contribution in [0.4, 0.5) is 4.39 Å². The first-order chi connectivity index (χ1) is 11.6. The molecule has 3 rings (SSSR count). The minimum Gasteiger partial charge on any atom is -0.356 e. The maximum atomic E-state index is 12.9. The third kappa shape index (κ3) is 3.94. The van der Waals surface area contributed by atoms with Crippen LogP contribution in [0.15, 0.2) is 24.3 Å². The third-order valence-corrected chi connectivity index (χ3v) is 5.23. The highest BCUT2D eigenvalue weighted by Gasteiger charge is 2.43. The smallest absolute Gasteiger partial charge is 0.225 e. The lowest BCUT2D eigenvalue weighted by molar-refractivity contribution is -0.136. The molecular weight excluding hydrogens is 307 g/mol. The van der Waals surface area contributed by atoms with Crippen LogP contribution in [-0.2, 0) is 9.59 Å². The highest BCUT2D eigenvalue weighted by molar-refractivity contribution is 5.83. The summed E-state index contributed by atoms with van der Waals surface area (Å²) in [6, 6.07) is 6.40. The van der Waals surface area contributed by atoms with Gasteiger partial charge in [0.15, 0.2) is 0 Å². The number of carbonyl (C=O) groups is 2. The lowest BCUT2D eigenvalue weighted by atomic mass is 9.84. The fourth-order valence-electron chi connectivity index (χ4n) is 3.30. The molecule has 24 heavy (non-hydrogen) atoms. The van der Waals surface area contributed by atoms with Crippen molar-refractivity contribution in [2.45, 2.75) is 38.0 Å². The molecule has 2 fully saturated rings. The Balaban J connectivity index is 1.33. The lowest BCUT2D eigenvalue weighted by Crippen LogP contribution is -2.38. The van der Waals surface area contributed by atoms with Gasteiger partial charge < -0.3 is 10.2 Å². The number of nitrogens with one attached hydrogen (secondary N) is 1. The van der Waals surface area contributed by atoms with Crippen LogP contribution in [-0.4, -0.2) is 36.9 Å². The summed E-state index contributed by atoms with van der Waals surface area (Å²) in [4.78, 5) is 25.9. The molecule has 2 unspecified atom stereocenters. The average Bonchev–Trinajstić information content (AvgIpc) is 3.30. The zero-order valence-electron chi connectivity index (χ0n) is 14.1. The van der Waals surface area contributed by atoms with E-state index >= 15 is 0 Å². The number of benzene rings is 1. The first kappa shape index (κ1) is 16.9. The predicted octanol–water partition coefficient (Wildman–Crippen LogP) is 2.69. The highest BCUT2D eigenvalue weighted by atomic mass is 19.1. The topological polar surface area (TPSA) is 49.4 Å². The normalized spacial score (nSPS) is 22.6. The molecule has 0 spiro atoms. The lowest BCUT2D eigenvalue weighted by Gasteiger charge is -2.29. The van der Waals surface area contributed by atoms with Gasteiger partial charge >= 0.3 is 0 Å². The van der Waals surface area contributed by atoms with Crippen molar-refractivity contribution in [1.29, 1.82) is 0 Å². The Hall–Kier alpha value is -1.91. The van der Waals surface area contributed by atoms with Crippen molar-refractivity contribution >= 4 is 11.8 Å². The standard InChI is InChI=1S/C19H25FN2O2/c1-22(19(24)14-4-2-5-14)11-3-10-21-18(23)17-12-16(17)13-6-8-15(20)9-7-13/h6-9,14,16-17H,2-5,10-12H2,1H3,(H,21,23). The molecule has 2 aliphatic carbocycles. The summed E-state index contributed by atoms with van der Waals surface area (Å²) >= 11 is 0. The maximum absolute atomic E-state index is 12.9. The van der Waals surface area contributed by atoms with Gasteiger partial charge in [0.25, 0.3) is 0 Å². The number of hydrogen-bond donors (Lipinski definition) is 1. The molecular formula is C19H25FN2O2. The zero-order chi connectivity index (χ0) is 17.1. The number of rotatable bonds is 7. The van der Waals surface area contributed by atoms with Gasteiger partial charge in [-0.1, -0.05) is 18.6 Å². The summed E-state index contributed by atoms with van der Waals surface area (Å²) in [6.07, 6.45) is 4.81. The van der Waals surface area contributed by atoms with Gasteiger partial charge in [-0.25, -0.2) is 4.39 Å². The molecule has 4 nitrogen and oxygen atoms in total. The summed E-state index contributed by atoms with van der Waals surface area (Å²) < 4.78 is 12.9. The van der Waals surface area contributed by atoms with E-state index in [1.54, 1.807) is 17.0 Å². The summed E-state index contributed by atoms with van der Waals surface area (Å²) in [6.45, 7) is 1.27. The molecule has 0 saturated heterocycles. The molecule has 2 aliphatic rings. The quantitative estimate of drug-likeness (QED) is 0.781. The summed E-state index contributed by atoms with van der Waals surface area (Å²) in [5.41, 5.74) is 1.03. The van der Waals surface area contributed by atoms with Gasteiger partial charge in [-0.05, 0) is 49.3 Å². The van der Waals surface area contributed by atoms with Crippen LogP contribution < -0.4 is 5.32 Å². The van der Waals surface area contributed by atoms with Crippen LogP contribution in [0.1, 0.15) is 43.6 Å². The molecule has 5 heteroatoms. The predicted molar refractivity (Wildman–Crippen MR) is 89.9 cm³/mol. The van der Waals surface area contributed by atoms with E-state index in [2.05, 4.69) is 5.32 Å².